The number of nitrogens with zero attached hydrogens (tertiary/aromatic N) is 18. The molecule has 15 heterocycles. The molecule has 20 N–H and O–H groups in total. The van der Waals surface area contributed by atoms with E-state index in [0.29, 0.717) is 134 Å². The van der Waals surface area contributed by atoms with Crippen LogP contribution in [-0.2, 0) is 44.7 Å². The summed E-state index contributed by atoms with van der Waals surface area (Å²) in [6, 6.07) is 18.6. The zero-order chi connectivity index (χ0) is 106. The van der Waals surface area contributed by atoms with Crippen LogP contribution >= 0.6 is 128 Å². The Labute approximate surface area is 907 Å². The number of nitrogen functional groups attached to an aromatic ring is 7. The van der Waals surface area contributed by atoms with Crippen LogP contribution in [0.1, 0.15) is 143 Å². The molecule has 10 aromatic rings. The smallest absolute Gasteiger partial charge is 0.270 e. The molecule has 20 rings (SSSR count). The summed E-state index contributed by atoms with van der Waals surface area (Å²) in [7, 11) is 8.70. The Bertz CT molecular complexity index is 6520. The minimum Gasteiger partial charge on any atom is -0.382 e. The second-order valence-corrected chi connectivity index (χ2v) is 49.0. The van der Waals surface area contributed by atoms with Gasteiger partial charge in [0.05, 0.1) is 49.0 Å². The fourth-order valence-corrected chi connectivity index (χ4v) is 28.9. The van der Waals surface area contributed by atoms with E-state index in [9.17, 15) is 24.0 Å². The molecule has 8 atom stereocenters. The van der Waals surface area contributed by atoms with Crippen molar-refractivity contribution in [1.82, 2.24) is 62.7 Å². The maximum absolute atomic E-state index is 13.1. The van der Waals surface area contributed by atoms with Crippen LogP contribution in [0.4, 0.5) is 70.5 Å². The predicted octanol–water partition coefficient (Wildman–Crippen LogP) is 15.7. The monoisotopic (exact) mass is 2220 g/mol. The summed E-state index contributed by atoms with van der Waals surface area (Å²) >= 11 is 43.2. The highest BCUT2D eigenvalue weighted by Gasteiger charge is 2.52. The molecule has 792 valence electrons. The molecule has 46 heteroatoms. The number of hydrogen-bond donors (Lipinski definition) is 10. The number of nitrogens with two attached hydrogens (primary N) is 10. The summed E-state index contributed by atoms with van der Waals surface area (Å²) in [4.78, 5) is 117. The van der Waals surface area contributed by atoms with E-state index in [-0.39, 0.29) is 114 Å². The van der Waals surface area contributed by atoms with E-state index in [4.69, 9.17) is 136 Å². The van der Waals surface area contributed by atoms with Crippen LogP contribution in [0.15, 0.2) is 152 Å². The molecule has 10 aliphatic rings. The molecule has 147 heavy (non-hydrogen) atoms. The second-order valence-electron chi connectivity index (χ2n) is 41.4. The molecule has 10 fully saturated rings. The Morgan fingerprint density at radius 1 is 0.313 bits per heavy atom. The lowest BCUT2D eigenvalue weighted by Gasteiger charge is -2.43. The molecule has 0 amide bonds. The van der Waals surface area contributed by atoms with Crippen LogP contribution in [0.2, 0.25) is 30.1 Å². The molecule has 3 saturated carbocycles. The molecule has 0 radical (unpaired) electrons. The zero-order valence-corrected chi connectivity index (χ0v) is 93.4. The van der Waals surface area contributed by atoms with Gasteiger partial charge in [-0.1, -0.05) is 175 Å². The van der Waals surface area contributed by atoms with Gasteiger partial charge in [-0.25, -0.2) is 9.97 Å². The number of aryl methyl sites for hydroxylation is 1. The highest BCUT2D eigenvalue weighted by Crippen LogP contribution is 2.54. The second kappa shape index (κ2) is 46.0. The van der Waals surface area contributed by atoms with E-state index in [1.807, 2.05) is 25.1 Å². The Morgan fingerprint density at radius 2 is 0.558 bits per heavy atom. The highest BCUT2D eigenvalue weighted by atomic mass is 35.5. The third-order valence-corrected chi connectivity index (χ3v) is 41.7. The lowest BCUT2D eigenvalue weighted by molar-refractivity contribution is 0.127. The number of rotatable bonds is 15. The minimum atomic E-state index is -0.208. The number of anilines is 12. The summed E-state index contributed by atoms with van der Waals surface area (Å²) in [5.74, 6) is 7.41. The molecule has 7 aliphatic heterocycles. The van der Waals surface area contributed by atoms with Crippen LogP contribution < -0.4 is 110 Å². The number of hydrogen-bond acceptors (Lipinski definition) is 35. The maximum atomic E-state index is 13.1. The van der Waals surface area contributed by atoms with Crippen LogP contribution in [0.5, 0.6) is 0 Å². The van der Waals surface area contributed by atoms with Crippen molar-refractivity contribution < 1.29 is 9.47 Å². The third-order valence-electron chi connectivity index (χ3n) is 32.9. The van der Waals surface area contributed by atoms with Gasteiger partial charge in [0.15, 0.2) is 0 Å². The largest absolute Gasteiger partial charge is 0.382 e. The number of halogens is 6. The molecular weight excluding hydrogens is 2090 g/mol. The first-order valence-electron chi connectivity index (χ1n) is 49.9. The van der Waals surface area contributed by atoms with Crippen molar-refractivity contribution in [3.05, 3.63) is 167 Å². The van der Waals surface area contributed by atoms with Gasteiger partial charge >= 0.3 is 0 Å². The molecule has 3 aliphatic carbocycles. The van der Waals surface area contributed by atoms with Gasteiger partial charge in [0, 0.05) is 186 Å². The number of benzene rings is 2. The standard InChI is InChI=1S/C21H27Cl2N5OS.C21H30N6OS.C20H24Cl2N4O2S.C20H28ClN7OS.C19H25ClN6O2S/c1-12-6-7-21(17(12)24)8-10-28(11-9-21)20-26-18(25)16(19(29)27(20)2)30-14-5-3-4-13(22)15(14)23;1-13-6-7-21(17(13)22)8-11-27(12-9-21)20-25-18(23)16(19(28)26(20)3)29-15-5-4-10-24-14(15)2;1-12-10-28-11-20(12)6-8-26(9-7-20)19-24-17(23)16(18(27)25(19)2)29-14-5-3-4-13(21)15(14)22;1-11-3-5-20(15(11)22)6-9-28(10-7-20)19-26-17(24)14(18(29)27(19)2)30-12-4-8-25-16(23)13(12)21;1-11-9-28-10-19(11)4-7-26(8-5-19)18-24-16(22)14(17(27)25(18)2)29-12-3-6-23-15(21)13(12)20/h3-5,12,17H,6-11,24-25H2,1-2H3;4-5,10,13,17H,6-9,11-12,22-23H2,1-3H3;3-5,12H,6-11,23H2,1-2H3;4,8,11,15H,3,5-7,9-10,22,24H2,1-2H3,(H2,23,25);3,6,11H,4-5,7-10,22H2,1-2H3,(H2,21,23)/t12-,17-;13-,17-;12-;11-,15-;11-/m11111/s1. The van der Waals surface area contributed by atoms with Gasteiger partial charge in [-0.2, -0.15) is 24.9 Å². The van der Waals surface area contributed by atoms with E-state index in [1.165, 1.54) is 73.8 Å². The fourth-order valence-electron chi connectivity index (χ4n) is 22.8. The van der Waals surface area contributed by atoms with E-state index < -0.39 is 0 Å². The first-order valence-corrected chi connectivity index (χ1v) is 56.3. The van der Waals surface area contributed by atoms with Gasteiger partial charge in [0.1, 0.15) is 65.2 Å². The Balaban J connectivity index is 0.000000131. The molecule has 8 aromatic heterocycles. The maximum Gasteiger partial charge on any atom is 0.270 e. The van der Waals surface area contributed by atoms with E-state index in [2.05, 4.69) is 99.0 Å². The summed E-state index contributed by atoms with van der Waals surface area (Å²) in [5.41, 5.74) is 63.3. The molecule has 2 aromatic carbocycles. The van der Waals surface area contributed by atoms with Crippen molar-refractivity contribution in [1.29, 1.82) is 0 Å². The molecular formula is C101H134Cl6N28O7S5. The number of pyridine rings is 3. The van der Waals surface area contributed by atoms with Gasteiger partial charge in [-0.05, 0) is 204 Å². The van der Waals surface area contributed by atoms with Gasteiger partial charge in [0.2, 0.25) is 29.7 Å². The third kappa shape index (κ3) is 22.7. The first kappa shape index (κ1) is 111. The molecule has 0 unspecified atom stereocenters. The Kier molecular flexibility index (Phi) is 34.7. The minimum absolute atomic E-state index is 0.118. The summed E-state index contributed by atoms with van der Waals surface area (Å²) in [6.07, 6.45) is 22.2. The summed E-state index contributed by atoms with van der Waals surface area (Å²) < 4.78 is 19.3. The van der Waals surface area contributed by atoms with Crippen LogP contribution in [0, 0.1) is 63.6 Å². The van der Waals surface area contributed by atoms with E-state index in [0.717, 1.165) is 190 Å². The average molecular weight is 2230 g/mol. The Morgan fingerprint density at radius 3 is 0.796 bits per heavy atom. The first-order chi connectivity index (χ1) is 69.9. The van der Waals surface area contributed by atoms with Gasteiger partial charge in [-0.3, -0.25) is 51.8 Å². The van der Waals surface area contributed by atoms with Crippen molar-refractivity contribution in [2.24, 2.45) is 109 Å². The van der Waals surface area contributed by atoms with Crippen molar-refractivity contribution >= 4 is 199 Å². The van der Waals surface area contributed by atoms with E-state index >= 15 is 0 Å². The lowest BCUT2D eigenvalue weighted by atomic mass is 9.72. The van der Waals surface area contributed by atoms with Crippen molar-refractivity contribution in [2.75, 3.05) is 157 Å². The number of ether oxygens (including phenoxy) is 2. The number of piperidine rings is 5. The molecule has 5 spiro atoms. The molecule has 7 saturated heterocycles. The van der Waals surface area contributed by atoms with Crippen LogP contribution in [-0.4, -0.2) is 173 Å². The fraction of sp³-hybridized carbons (Fsp3) is 0.535. The van der Waals surface area contributed by atoms with Crippen molar-refractivity contribution in [3.8, 4) is 0 Å². The van der Waals surface area contributed by atoms with Crippen LogP contribution in [0.25, 0.3) is 0 Å². The zero-order valence-electron chi connectivity index (χ0n) is 84.8. The summed E-state index contributed by atoms with van der Waals surface area (Å²) in [5, 5.41) is 2.28. The predicted molar refractivity (Wildman–Crippen MR) is 598 cm³/mol. The van der Waals surface area contributed by atoms with Gasteiger partial charge in [0.25, 0.3) is 27.8 Å². The van der Waals surface area contributed by atoms with Gasteiger partial charge in [-0.15, -0.1) is 0 Å². The highest BCUT2D eigenvalue weighted by molar-refractivity contribution is 8.00. The normalized spacial score (nSPS) is 22.5. The molecule has 0 bridgehead atoms. The van der Waals surface area contributed by atoms with Crippen LogP contribution in [0.3, 0.4) is 0 Å². The topological polar surface area (TPSA) is 508 Å². The lowest BCUT2D eigenvalue weighted by Crippen LogP contribution is -2.49. The Hall–Kier alpha value is -8.82. The van der Waals surface area contributed by atoms with E-state index in [1.54, 1.807) is 119 Å². The SMILES string of the molecule is C[C@@H]1CCC2(CCN(c3nc(N)c(Sc4cccc(Cl)c4Cl)c(=O)n3C)CC2)[C@@H]1N.C[C@@H]1CCC2(CCN(c3nc(N)c(Sc4ccnc(N)c4Cl)c(=O)n3C)CC2)[C@@H]1N.C[C@@H]1COCC12CCN(c1nc(N)c(Sc3cccc(Cl)c3Cl)c(=O)n1C)CC2.C[C@@H]1COCC12CCN(c1nc(N)c(Sc3ccnc(N)c3Cl)c(=O)n1C)CC2.Cc1ncccc1Sc1c(N)nc(N2CCC3(CC[C@@H](C)[C@H]3N)CC2)n(C)c1=O. The average Bonchev–Trinajstić information content (AvgIpc) is 1.70. The summed E-state index contributed by atoms with van der Waals surface area (Å²) in [6.45, 7) is 24.8. The van der Waals surface area contributed by atoms with Crippen molar-refractivity contribution in [2.45, 2.75) is 211 Å². The number of aromatic nitrogens is 13. The van der Waals surface area contributed by atoms with Gasteiger partial charge < -0.3 is 91.3 Å². The van der Waals surface area contributed by atoms with Crippen molar-refractivity contribution in [3.63, 3.8) is 0 Å². The quantitative estimate of drug-likeness (QED) is 0.0456. The molecule has 35 nitrogen and oxygen atoms in total.